The Morgan fingerprint density at radius 2 is 1.95 bits per heavy atom. The quantitative estimate of drug-likeness (QED) is 0.632. The van der Waals surface area contributed by atoms with Crippen LogP contribution in [0.4, 0.5) is 5.69 Å². The third-order valence-corrected chi connectivity index (χ3v) is 3.84. The molecule has 0 bridgehead atoms. The van der Waals surface area contributed by atoms with Crippen LogP contribution in [0.25, 0.3) is 11.3 Å². The number of benzene rings is 2. The van der Waals surface area contributed by atoms with Crippen LogP contribution in [0.3, 0.4) is 0 Å². The SMILES string of the molecule is Cc1ccc(-c2ccc(C=Nc3cccc(O)c3)o2)c(Br)c1. The van der Waals surface area contributed by atoms with Crippen molar-refractivity contribution in [3.63, 3.8) is 0 Å². The summed E-state index contributed by atoms with van der Waals surface area (Å²) in [4.78, 5) is 4.29. The third-order valence-electron chi connectivity index (χ3n) is 3.19. The molecule has 0 saturated carbocycles. The van der Waals surface area contributed by atoms with Crippen LogP contribution in [0.5, 0.6) is 5.75 Å². The standard InChI is InChI=1S/C18H14BrNO2/c1-12-5-7-16(17(19)9-12)18-8-6-15(22-18)11-20-13-3-2-4-14(21)10-13/h2-11,21H,1H3. The normalized spacial score (nSPS) is 11.2. The Balaban J connectivity index is 1.85. The van der Waals surface area contributed by atoms with Crippen molar-refractivity contribution in [1.82, 2.24) is 0 Å². The van der Waals surface area contributed by atoms with Crippen molar-refractivity contribution in [3.8, 4) is 17.1 Å². The molecule has 0 saturated heterocycles. The minimum atomic E-state index is 0.193. The summed E-state index contributed by atoms with van der Waals surface area (Å²) < 4.78 is 6.80. The number of phenols is 1. The summed E-state index contributed by atoms with van der Waals surface area (Å²) in [5, 5.41) is 9.41. The molecule has 0 aliphatic rings. The van der Waals surface area contributed by atoms with Crippen LogP contribution in [0.2, 0.25) is 0 Å². The van der Waals surface area contributed by atoms with Crippen molar-refractivity contribution < 1.29 is 9.52 Å². The lowest BCUT2D eigenvalue weighted by molar-refractivity contribution is 0.475. The van der Waals surface area contributed by atoms with Crippen molar-refractivity contribution >= 4 is 27.8 Å². The molecule has 3 aromatic rings. The molecule has 22 heavy (non-hydrogen) atoms. The zero-order valence-electron chi connectivity index (χ0n) is 12.0. The molecule has 3 nitrogen and oxygen atoms in total. The predicted molar refractivity (Wildman–Crippen MR) is 91.9 cm³/mol. The molecule has 4 heteroatoms. The fourth-order valence-corrected chi connectivity index (χ4v) is 2.79. The Hall–Kier alpha value is -2.33. The Morgan fingerprint density at radius 3 is 2.73 bits per heavy atom. The number of phenolic OH excluding ortho intramolecular Hbond substituents is 1. The van der Waals surface area contributed by atoms with Gasteiger partial charge in [0.1, 0.15) is 17.3 Å². The van der Waals surface area contributed by atoms with Gasteiger partial charge < -0.3 is 9.52 Å². The van der Waals surface area contributed by atoms with Gasteiger partial charge in [-0.3, -0.25) is 4.99 Å². The van der Waals surface area contributed by atoms with Gasteiger partial charge in [-0.2, -0.15) is 0 Å². The lowest BCUT2D eigenvalue weighted by Crippen LogP contribution is -1.79. The number of halogens is 1. The number of aryl methyl sites for hydroxylation is 1. The highest BCUT2D eigenvalue weighted by Gasteiger charge is 2.07. The summed E-state index contributed by atoms with van der Waals surface area (Å²) in [6.45, 7) is 2.05. The van der Waals surface area contributed by atoms with Gasteiger partial charge in [-0.25, -0.2) is 0 Å². The number of rotatable bonds is 3. The Bertz CT molecular complexity index is 837. The molecule has 0 aliphatic heterocycles. The van der Waals surface area contributed by atoms with Crippen molar-refractivity contribution in [2.24, 2.45) is 4.99 Å². The molecule has 0 fully saturated rings. The molecule has 3 rings (SSSR count). The van der Waals surface area contributed by atoms with E-state index >= 15 is 0 Å². The first-order valence-corrected chi connectivity index (χ1v) is 7.60. The third kappa shape index (κ3) is 3.28. The van der Waals surface area contributed by atoms with E-state index in [1.807, 2.05) is 37.3 Å². The second-order valence-corrected chi connectivity index (χ2v) is 5.82. The lowest BCUT2D eigenvalue weighted by Gasteiger charge is -2.01. The average molecular weight is 356 g/mol. The Morgan fingerprint density at radius 1 is 1.09 bits per heavy atom. The van der Waals surface area contributed by atoms with Crippen LogP contribution in [0.15, 0.2) is 68.5 Å². The van der Waals surface area contributed by atoms with E-state index in [4.69, 9.17) is 4.42 Å². The van der Waals surface area contributed by atoms with Crippen molar-refractivity contribution in [1.29, 1.82) is 0 Å². The molecule has 1 aromatic heterocycles. The second kappa shape index (κ2) is 6.20. The first-order chi connectivity index (χ1) is 10.6. The summed E-state index contributed by atoms with van der Waals surface area (Å²) in [7, 11) is 0. The molecule has 0 spiro atoms. The monoisotopic (exact) mass is 355 g/mol. The minimum Gasteiger partial charge on any atom is -0.508 e. The molecule has 1 heterocycles. The molecule has 0 aliphatic carbocycles. The molecule has 0 unspecified atom stereocenters. The van der Waals surface area contributed by atoms with Gasteiger partial charge in [0.25, 0.3) is 0 Å². The van der Waals surface area contributed by atoms with E-state index in [1.165, 1.54) is 5.56 Å². The maximum Gasteiger partial charge on any atom is 0.145 e. The van der Waals surface area contributed by atoms with Crippen molar-refractivity contribution in [2.45, 2.75) is 6.92 Å². The van der Waals surface area contributed by atoms with E-state index < -0.39 is 0 Å². The van der Waals surface area contributed by atoms with Crippen LogP contribution < -0.4 is 0 Å². The van der Waals surface area contributed by atoms with Crippen LogP contribution >= 0.6 is 15.9 Å². The number of aliphatic imine (C=N–C) groups is 1. The minimum absolute atomic E-state index is 0.193. The fourth-order valence-electron chi connectivity index (χ4n) is 2.10. The maximum atomic E-state index is 9.41. The lowest BCUT2D eigenvalue weighted by atomic mass is 10.1. The van der Waals surface area contributed by atoms with Gasteiger partial charge >= 0.3 is 0 Å². The number of hydrogen-bond acceptors (Lipinski definition) is 3. The van der Waals surface area contributed by atoms with Gasteiger partial charge in [0.2, 0.25) is 0 Å². The van der Waals surface area contributed by atoms with Crippen LogP contribution in [-0.2, 0) is 0 Å². The van der Waals surface area contributed by atoms with E-state index in [-0.39, 0.29) is 5.75 Å². The largest absolute Gasteiger partial charge is 0.508 e. The zero-order valence-corrected chi connectivity index (χ0v) is 13.5. The highest BCUT2D eigenvalue weighted by molar-refractivity contribution is 9.10. The average Bonchev–Trinajstić information content (AvgIpc) is 2.94. The first kappa shape index (κ1) is 14.6. The van der Waals surface area contributed by atoms with E-state index in [1.54, 1.807) is 24.4 Å². The Labute approximate surface area is 137 Å². The highest BCUT2D eigenvalue weighted by atomic mass is 79.9. The van der Waals surface area contributed by atoms with Crippen LogP contribution in [0.1, 0.15) is 11.3 Å². The van der Waals surface area contributed by atoms with Gasteiger partial charge in [0.05, 0.1) is 11.9 Å². The van der Waals surface area contributed by atoms with Gasteiger partial charge in [-0.1, -0.05) is 28.1 Å². The number of nitrogens with zero attached hydrogens (tertiary/aromatic N) is 1. The molecule has 0 atom stereocenters. The molecule has 110 valence electrons. The van der Waals surface area contributed by atoms with E-state index in [9.17, 15) is 5.11 Å². The van der Waals surface area contributed by atoms with Gasteiger partial charge in [-0.15, -0.1) is 0 Å². The summed E-state index contributed by atoms with van der Waals surface area (Å²) in [5.41, 5.74) is 2.87. The summed E-state index contributed by atoms with van der Waals surface area (Å²) in [6, 6.07) is 16.7. The molecular formula is C18H14BrNO2. The van der Waals surface area contributed by atoms with Gasteiger partial charge in [-0.05, 0) is 48.9 Å². The van der Waals surface area contributed by atoms with E-state index in [0.29, 0.717) is 11.4 Å². The molecular weight excluding hydrogens is 342 g/mol. The van der Waals surface area contributed by atoms with Crippen LogP contribution in [-0.4, -0.2) is 11.3 Å². The second-order valence-electron chi connectivity index (χ2n) is 4.96. The van der Waals surface area contributed by atoms with E-state index in [0.717, 1.165) is 15.8 Å². The molecule has 0 amide bonds. The highest BCUT2D eigenvalue weighted by Crippen LogP contribution is 2.30. The maximum absolute atomic E-state index is 9.41. The van der Waals surface area contributed by atoms with Gasteiger partial charge in [0.15, 0.2) is 0 Å². The fraction of sp³-hybridized carbons (Fsp3) is 0.0556. The van der Waals surface area contributed by atoms with Crippen molar-refractivity contribution in [2.75, 3.05) is 0 Å². The topological polar surface area (TPSA) is 45.7 Å². The number of hydrogen-bond donors (Lipinski definition) is 1. The zero-order chi connectivity index (χ0) is 15.5. The summed E-state index contributed by atoms with van der Waals surface area (Å²) in [6.07, 6.45) is 1.64. The Kier molecular flexibility index (Phi) is 4.11. The van der Waals surface area contributed by atoms with Crippen molar-refractivity contribution in [3.05, 3.63) is 70.4 Å². The summed E-state index contributed by atoms with van der Waals surface area (Å²) in [5.74, 6) is 1.63. The molecule has 2 aromatic carbocycles. The van der Waals surface area contributed by atoms with Gasteiger partial charge in [0, 0.05) is 16.1 Å². The predicted octanol–water partition coefficient (Wildman–Crippen LogP) is 5.47. The molecule has 0 radical (unpaired) electrons. The number of aromatic hydroxyl groups is 1. The first-order valence-electron chi connectivity index (χ1n) is 6.81. The molecule has 1 N–H and O–H groups in total. The van der Waals surface area contributed by atoms with E-state index in [2.05, 4.69) is 27.0 Å². The number of furan rings is 1. The summed E-state index contributed by atoms with van der Waals surface area (Å²) >= 11 is 3.56. The smallest absolute Gasteiger partial charge is 0.145 e. The van der Waals surface area contributed by atoms with Crippen LogP contribution in [0, 0.1) is 6.92 Å².